The molecule has 9 heteroatoms. The quantitative estimate of drug-likeness (QED) is 0.646. The normalized spacial score (nSPS) is 17.8. The van der Waals surface area contributed by atoms with Gasteiger partial charge in [-0.1, -0.05) is 6.07 Å². The molecule has 1 aromatic carbocycles. The van der Waals surface area contributed by atoms with Gasteiger partial charge in [0.15, 0.2) is 11.5 Å². The van der Waals surface area contributed by atoms with Gasteiger partial charge in [0.2, 0.25) is 18.4 Å². The van der Waals surface area contributed by atoms with E-state index in [1.807, 2.05) is 12.1 Å². The average molecular weight is 384 g/mol. The van der Waals surface area contributed by atoms with Crippen LogP contribution in [0.4, 0.5) is 23.2 Å². The van der Waals surface area contributed by atoms with Gasteiger partial charge in [0, 0.05) is 25.2 Å². The summed E-state index contributed by atoms with van der Waals surface area (Å²) in [7, 11) is 0. The Morgan fingerprint density at radius 2 is 1.63 bits per heavy atom. The molecule has 5 nitrogen and oxygen atoms in total. The van der Waals surface area contributed by atoms with Crippen LogP contribution in [0.2, 0.25) is 0 Å². The molecule has 2 aliphatic rings. The standard InChI is InChI=1S/C18H16F4N2O3/c19-13-15(14(20)17(22)24-16(13)21)23-8-18(3-5-25-6-4-18)10-1-2-11-12(7-10)27-9-26-11/h1-2,7H,3-6,8-9H2,(H,23,24). The monoisotopic (exact) mass is 384 g/mol. The molecule has 0 radical (unpaired) electrons. The third-order valence-electron chi connectivity index (χ3n) is 5.04. The van der Waals surface area contributed by atoms with Crippen molar-refractivity contribution in [3.8, 4) is 11.5 Å². The third-order valence-corrected chi connectivity index (χ3v) is 5.04. The topological polar surface area (TPSA) is 52.6 Å². The predicted molar refractivity (Wildman–Crippen MR) is 86.9 cm³/mol. The molecule has 0 aliphatic carbocycles. The Labute approximate surface area is 152 Å². The van der Waals surface area contributed by atoms with Crippen LogP contribution >= 0.6 is 0 Å². The molecule has 0 atom stereocenters. The molecule has 0 amide bonds. The van der Waals surface area contributed by atoms with Gasteiger partial charge in [-0.2, -0.15) is 22.5 Å². The van der Waals surface area contributed by atoms with E-state index in [-0.39, 0.29) is 13.3 Å². The smallest absolute Gasteiger partial charge is 0.253 e. The molecule has 144 valence electrons. The van der Waals surface area contributed by atoms with Crippen LogP contribution in [0.15, 0.2) is 18.2 Å². The van der Waals surface area contributed by atoms with Crippen LogP contribution in [0.25, 0.3) is 0 Å². The minimum Gasteiger partial charge on any atom is -0.454 e. The summed E-state index contributed by atoms with van der Waals surface area (Å²) >= 11 is 0. The maximum absolute atomic E-state index is 13.9. The molecule has 4 rings (SSSR count). The van der Waals surface area contributed by atoms with Crippen LogP contribution in [0, 0.1) is 23.5 Å². The Morgan fingerprint density at radius 1 is 0.963 bits per heavy atom. The largest absolute Gasteiger partial charge is 0.454 e. The number of hydrogen-bond acceptors (Lipinski definition) is 5. The number of hydrogen-bond donors (Lipinski definition) is 1. The van der Waals surface area contributed by atoms with Crippen LogP contribution in [-0.2, 0) is 10.2 Å². The fourth-order valence-electron chi connectivity index (χ4n) is 3.46. The second-order valence-electron chi connectivity index (χ2n) is 6.51. The van der Waals surface area contributed by atoms with Gasteiger partial charge in [0.05, 0.1) is 0 Å². The number of benzene rings is 1. The van der Waals surface area contributed by atoms with Crippen LogP contribution < -0.4 is 14.8 Å². The van der Waals surface area contributed by atoms with Crippen molar-refractivity contribution in [2.24, 2.45) is 0 Å². The number of halogens is 4. The molecule has 1 fully saturated rings. The van der Waals surface area contributed by atoms with E-state index in [0.29, 0.717) is 37.6 Å². The van der Waals surface area contributed by atoms with E-state index in [4.69, 9.17) is 14.2 Å². The molecule has 0 bridgehead atoms. The molecule has 2 aromatic rings. The average Bonchev–Trinajstić information content (AvgIpc) is 3.15. The van der Waals surface area contributed by atoms with Crippen LogP contribution in [-0.4, -0.2) is 31.5 Å². The Balaban J connectivity index is 1.66. The Morgan fingerprint density at radius 3 is 2.33 bits per heavy atom. The number of rotatable bonds is 4. The molecular formula is C18H16F4N2O3. The molecule has 3 heterocycles. The van der Waals surface area contributed by atoms with Crippen molar-refractivity contribution in [3.05, 3.63) is 47.3 Å². The number of nitrogens with one attached hydrogen (secondary N) is 1. The van der Waals surface area contributed by atoms with Crippen LogP contribution in [0.3, 0.4) is 0 Å². The fourth-order valence-corrected chi connectivity index (χ4v) is 3.46. The number of pyridine rings is 1. The number of ether oxygens (including phenoxy) is 3. The van der Waals surface area contributed by atoms with Gasteiger partial charge in [0.1, 0.15) is 5.69 Å². The first-order valence-corrected chi connectivity index (χ1v) is 8.42. The molecular weight excluding hydrogens is 368 g/mol. The maximum Gasteiger partial charge on any atom is 0.253 e. The predicted octanol–water partition coefficient (Wildman–Crippen LogP) is 3.53. The Hall–Kier alpha value is -2.55. The highest BCUT2D eigenvalue weighted by atomic mass is 19.2. The van der Waals surface area contributed by atoms with Crippen molar-refractivity contribution in [1.29, 1.82) is 0 Å². The van der Waals surface area contributed by atoms with Crippen molar-refractivity contribution in [2.45, 2.75) is 18.3 Å². The fraction of sp³-hybridized carbons (Fsp3) is 0.389. The highest BCUT2D eigenvalue weighted by molar-refractivity contribution is 5.49. The number of aromatic nitrogens is 1. The summed E-state index contributed by atoms with van der Waals surface area (Å²) in [5, 5.41) is 2.54. The van der Waals surface area contributed by atoms with Crippen molar-refractivity contribution in [3.63, 3.8) is 0 Å². The van der Waals surface area contributed by atoms with Gasteiger partial charge in [-0.05, 0) is 30.5 Å². The summed E-state index contributed by atoms with van der Waals surface area (Å²) in [5.41, 5.74) is -0.570. The van der Waals surface area contributed by atoms with E-state index in [1.54, 1.807) is 6.07 Å². The lowest BCUT2D eigenvalue weighted by atomic mass is 9.74. The van der Waals surface area contributed by atoms with Crippen LogP contribution in [0.5, 0.6) is 11.5 Å². The molecule has 1 aromatic heterocycles. The third kappa shape index (κ3) is 3.16. The zero-order chi connectivity index (χ0) is 19.0. The van der Waals surface area contributed by atoms with Crippen molar-refractivity contribution in [1.82, 2.24) is 4.98 Å². The number of nitrogens with zero attached hydrogens (tertiary/aromatic N) is 1. The van der Waals surface area contributed by atoms with E-state index >= 15 is 0 Å². The summed E-state index contributed by atoms with van der Waals surface area (Å²) in [6, 6.07) is 5.43. The minimum atomic E-state index is -1.69. The zero-order valence-corrected chi connectivity index (χ0v) is 14.2. The zero-order valence-electron chi connectivity index (χ0n) is 14.2. The minimum absolute atomic E-state index is 0.0484. The summed E-state index contributed by atoms with van der Waals surface area (Å²) in [4.78, 5) is 2.57. The second kappa shape index (κ2) is 6.88. The highest BCUT2D eigenvalue weighted by Gasteiger charge is 2.36. The molecule has 1 N–H and O–H groups in total. The van der Waals surface area contributed by atoms with Gasteiger partial charge in [-0.15, -0.1) is 0 Å². The van der Waals surface area contributed by atoms with E-state index < -0.39 is 34.6 Å². The van der Waals surface area contributed by atoms with Gasteiger partial charge < -0.3 is 19.5 Å². The molecule has 0 saturated carbocycles. The van der Waals surface area contributed by atoms with Crippen molar-refractivity contribution >= 4 is 5.69 Å². The Bertz CT molecular complexity index is 846. The molecule has 1 saturated heterocycles. The summed E-state index contributed by atoms with van der Waals surface area (Å²) in [6.07, 6.45) is 1.11. The molecule has 27 heavy (non-hydrogen) atoms. The number of anilines is 1. The first kappa shape index (κ1) is 17.8. The SMILES string of the molecule is Fc1nc(F)c(F)c(NCC2(c3ccc4c(c3)OCO4)CCOCC2)c1F. The van der Waals surface area contributed by atoms with E-state index in [9.17, 15) is 17.6 Å². The Kier molecular flexibility index (Phi) is 4.55. The number of fused-ring (bicyclic) bond motifs is 1. The van der Waals surface area contributed by atoms with Crippen molar-refractivity contribution in [2.75, 3.05) is 31.9 Å². The lowest BCUT2D eigenvalue weighted by Gasteiger charge is -2.38. The molecule has 0 unspecified atom stereocenters. The molecule has 2 aliphatic heterocycles. The summed E-state index contributed by atoms with van der Waals surface area (Å²) in [6.45, 7) is 1.06. The van der Waals surface area contributed by atoms with E-state index in [1.165, 1.54) is 0 Å². The summed E-state index contributed by atoms with van der Waals surface area (Å²) < 4.78 is 70.7. The molecule has 0 spiro atoms. The highest BCUT2D eigenvalue weighted by Crippen LogP contribution is 2.41. The van der Waals surface area contributed by atoms with Crippen LogP contribution in [0.1, 0.15) is 18.4 Å². The maximum atomic E-state index is 13.9. The van der Waals surface area contributed by atoms with Gasteiger partial charge in [-0.3, -0.25) is 0 Å². The van der Waals surface area contributed by atoms with Gasteiger partial charge >= 0.3 is 0 Å². The van der Waals surface area contributed by atoms with Gasteiger partial charge in [0.25, 0.3) is 11.9 Å². The second-order valence-corrected chi connectivity index (χ2v) is 6.51. The van der Waals surface area contributed by atoms with Gasteiger partial charge in [-0.25, -0.2) is 0 Å². The van der Waals surface area contributed by atoms with E-state index in [2.05, 4.69) is 10.3 Å². The van der Waals surface area contributed by atoms with E-state index in [0.717, 1.165) is 5.56 Å². The van der Waals surface area contributed by atoms with Crippen molar-refractivity contribution < 1.29 is 31.8 Å². The first-order valence-electron chi connectivity index (χ1n) is 8.42. The lowest BCUT2D eigenvalue weighted by molar-refractivity contribution is 0.0542. The first-order chi connectivity index (χ1) is 13.0. The summed E-state index contributed by atoms with van der Waals surface area (Å²) in [5.74, 6) is -5.30. The lowest BCUT2D eigenvalue weighted by Crippen LogP contribution is -2.40.